The van der Waals surface area contributed by atoms with E-state index < -0.39 is 0 Å². The van der Waals surface area contributed by atoms with Crippen molar-refractivity contribution < 1.29 is 14.2 Å². The van der Waals surface area contributed by atoms with Crippen molar-refractivity contribution in [1.29, 1.82) is 0 Å². The van der Waals surface area contributed by atoms with Crippen LogP contribution in [0.4, 0.5) is 0 Å². The molecule has 3 unspecified atom stereocenters. The lowest BCUT2D eigenvalue weighted by molar-refractivity contribution is 0.0238. The van der Waals surface area contributed by atoms with Crippen molar-refractivity contribution in [2.45, 2.75) is 543 Å². The van der Waals surface area contributed by atoms with Crippen molar-refractivity contribution in [3.05, 3.63) is 0 Å². The first-order valence-electron chi connectivity index (χ1n) is 64.4. The van der Waals surface area contributed by atoms with Crippen molar-refractivity contribution in [3.8, 4) is 0 Å². The SMILES string of the molecule is CC.CC.CC.CC.CC.CC.CC.CC.CC.CC.CC.CC.CC.CC(C)C1CCCNC1.CC(C)C1CCCNCC1.CC(C)C1CCNC1.CC(C)C1CCNCC1.CC(C)C1CCOCC1.CC(C)N1CCCC1.CC(C)N1CCCCC1.CC(C)N1CCCCCC1.CC(C)N1CCCNCC1.CC(C)N1CCCOCC1.CC(C)N1CCNCC1.CC(C)N1CCOCC1.CC(C)N1CCSCC1. The second-order valence-electron chi connectivity index (χ2n) is 40.8. The van der Waals surface area contributed by atoms with E-state index in [-0.39, 0.29) is 0 Å². The van der Waals surface area contributed by atoms with Crippen molar-refractivity contribution in [3.63, 3.8) is 0 Å². The van der Waals surface area contributed by atoms with Gasteiger partial charge in [-0.1, -0.05) is 269 Å². The molecule has 0 saturated carbocycles. The molecule has 13 saturated heterocycles. The van der Waals surface area contributed by atoms with Crippen LogP contribution in [0, 0.1) is 59.2 Å². The number of nitrogens with one attached hydrogen (secondary N) is 6. The van der Waals surface area contributed by atoms with Crippen molar-refractivity contribution >= 4 is 11.8 Å². The number of piperidine rings is 3. The second-order valence-corrected chi connectivity index (χ2v) is 42.0. The third-order valence-electron chi connectivity index (χ3n) is 27.3. The minimum absolute atomic E-state index is 0.682. The topological polar surface area (TPSA) is 126 Å². The molecular weight excluding hydrogens is 1800 g/mol. The van der Waals surface area contributed by atoms with Gasteiger partial charge in [0.15, 0.2) is 0 Å². The van der Waals surface area contributed by atoms with Crippen LogP contribution < -0.4 is 31.9 Å². The number of thioether (sulfide) groups is 1. The largest absolute Gasteiger partial charge is 0.381 e. The fourth-order valence-electron chi connectivity index (χ4n) is 17.7. The Hall–Kier alpha value is -0.330. The van der Waals surface area contributed by atoms with Crippen molar-refractivity contribution in [2.24, 2.45) is 59.2 Å². The molecule has 896 valence electrons. The third-order valence-corrected chi connectivity index (χ3v) is 28.2. The predicted octanol–water partition coefficient (Wildman–Crippen LogP) is 31.9. The highest BCUT2D eigenvalue weighted by molar-refractivity contribution is 7.99. The molecule has 0 aromatic rings. The van der Waals surface area contributed by atoms with Gasteiger partial charge in [-0.15, -0.1) is 0 Å². The summed E-state index contributed by atoms with van der Waals surface area (Å²) < 4.78 is 15.8. The molecule has 13 fully saturated rings. The summed E-state index contributed by atoms with van der Waals surface area (Å²) in [4.78, 5) is 20.1. The minimum atomic E-state index is 0.682. The number of piperazine rings is 1. The van der Waals surface area contributed by atoms with Crippen LogP contribution >= 0.6 is 11.8 Å². The summed E-state index contributed by atoms with van der Waals surface area (Å²) in [5.41, 5.74) is 0. The minimum Gasteiger partial charge on any atom is -0.381 e. The molecule has 17 nitrogen and oxygen atoms in total. The fourth-order valence-corrected chi connectivity index (χ4v) is 18.6. The van der Waals surface area contributed by atoms with Crippen molar-refractivity contribution in [2.75, 3.05) is 234 Å². The summed E-state index contributed by atoms with van der Waals surface area (Å²) in [5.74, 6) is 11.9. The van der Waals surface area contributed by atoms with E-state index in [0.717, 1.165) is 174 Å². The molecule has 145 heavy (non-hydrogen) atoms. The van der Waals surface area contributed by atoms with E-state index in [1.165, 1.54) is 290 Å². The standard InChI is InChI=1S/2C9H19N.C8H18N2.C8H17NO.3C8H17N.C8H16O.C7H16N2.C7H15NO.C7H15NS.2C7H15N.13C2H6/c1-8(2)9-4-3-6-10-7-5-9;1-9(2)10-7-5-3-4-6-8-10;1-8(2)10-6-3-4-9-5-7-10;1-8(2)9-4-3-6-10-7-5-9;1-7(2)8-3-5-9-6-4-8;1-7(2)8-4-3-5-9-6-8;1-8(2)9-6-4-3-5-7-9;1-7(2)8-3-5-9-6-4-8;1-7(2)9-5-3-8-4-6-9;2*1-7(2)8-3-5-9-6-4-8;1-6(2)7-3-4-8-5-7;1-7(2)8-5-3-4-6-8;13*1-2/h8-10H,3-7H2,1-2H3;9H,3-8H2,1-2H3;8-9H,3-7H2,1-2H3;8H,3-7H2,1-2H3;2*7-9H,3-6H2,1-2H3;8H,3-7H2,1-2H3;2*7-8H,3-6H2,1-2H3;2*7H,3-6H2,1-2H3;6-8H,3-5H2,1-2H3;7H,3-6H2,1-2H3;13*1-2H3. The number of morpholine rings is 1. The normalized spacial score (nSPS) is 20.5. The first kappa shape index (κ1) is 172. The Balaban J connectivity index is -0.000000116. The third kappa shape index (κ3) is 116. The first-order chi connectivity index (χ1) is 70.0. The first-order valence-corrected chi connectivity index (χ1v) is 65.6. The van der Waals surface area contributed by atoms with Gasteiger partial charge >= 0.3 is 0 Å². The van der Waals surface area contributed by atoms with E-state index in [9.17, 15) is 0 Å². The molecule has 0 spiro atoms. The van der Waals surface area contributed by atoms with Crippen LogP contribution in [0.3, 0.4) is 0 Å². The highest BCUT2D eigenvalue weighted by Gasteiger charge is 2.23. The Morgan fingerprint density at radius 2 is 0.366 bits per heavy atom. The van der Waals surface area contributed by atoms with Gasteiger partial charge in [0, 0.05) is 158 Å². The van der Waals surface area contributed by atoms with Gasteiger partial charge in [0.2, 0.25) is 0 Å². The van der Waals surface area contributed by atoms with Gasteiger partial charge in [0.05, 0.1) is 19.8 Å². The number of hydrogen-bond donors (Lipinski definition) is 6. The zero-order chi connectivity index (χ0) is 114. The summed E-state index contributed by atoms with van der Waals surface area (Å²) in [6, 6.07) is 5.88. The van der Waals surface area contributed by atoms with Gasteiger partial charge in [-0.2, -0.15) is 11.8 Å². The molecule has 18 heteroatoms. The number of rotatable bonds is 13. The van der Waals surface area contributed by atoms with E-state index in [2.05, 4.69) is 263 Å². The van der Waals surface area contributed by atoms with Gasteiger partial charge in [-0.3, -0.25) is 24.5 Å². The molecule has 0 bridgehead atoms. The van der Waals surface area contributed by atoms with E-state index in [0.29, 0.717) is 12.1 Å². The number of hydrogen-bond acceptors (Lipinski definition) is 18. The Bertz CT molecular complexity index is 1730. The smallest absolute Gasteiger partial charge is 0.0594 e. The lowest BCUT2D eigenvalue weighted by atomic mass is 9.87. The lowest BCUT2D eigenvalue weighted by Crippen LogP contribution is -2.46. The summed E-state index contributed by atoms with van der Waals surface area (Å²) in [6.45, 7) is 152. The van der Waals surface area contributed by atoms with Gasteiger partial charge in [-0.05, 0) is 390 Å². The maximum Gasteiger partial charge on any atom is 0.0594 e. The molecule has 0 aromatic heterocycles. The molecule has 0 aromatic carbocycles. The number of nitrogens with zero attached hydrogens (tertiary/aromatic N) is 8. The van der Waals surface area contributed by atoms with Gasteiger partial charge in [-0.25, -0.2) is 0 Å². The van der Waals surface area contributed by atoms with E-state index in [4.69, 9.17) is 14.2 Å². The van der Waals surface area contributed by atoms with Crippen LogP contribution in [-0.4, -0.2) is 322 Å². The van der Waals surface area contributed by atoms with Crippen LogP contribution in [0.2, 0.25) is 0 Å². The molecular formula is C127H294N14O3S. The summed E-state index contributed by atoms with van der Waals surface area (Å²) in [7, 11) is 0. The van der Waals surface area contributed by atoms with E-state index in [1.807, 2.05) is 180 Å². The number of ether oxygens (including phenoxy) is 3. The zero-order valence-corrected chi connectivity index (χ0v) is 112. The van der Waals surface area contributed by atoms with E-state index >= 15 is 0 Å². The monoisotopic (exact) mass is 2100 g/mol. The maximum atomic E-state index is 5.33. The van der Waals surface area contributed by atoms with Crippen molar-refractivity contribution in [1.82, 2.24) is 71.1 Å². The number of likely N-dealkylation sites (tertiary alicyclic amines) is 3. The molecule has 3 atom stereocenters. The Morgan fingerprint density at radius 3 is 0.662 bits per heavy atom. The van der Waals surface area contributed by atoms with Crippen LogP contribution in [0.15, 0.2) is 0 Å². The Morgan fingerprint density at radius 1 is 0.166 bits per heavy atom. The average Bonchev–Trinajstić information content (AvgIpc) is 1.79. The average molecular weight is 2100 g/mol. The fraction of sp³-hybridized carbons (Fsp3) is 1.00. The van der Waals surface area contributed by atoms with Crippen LogP contribution in [0.1, 0.15) is 495 Å². The van der Waals surface area contributed by atoms with Crippen LogP contribution in [0.25, 0.3) is 0 Å². The summed E-state index contributed by atoms with van der Waals surface area (Å²) in [5, 5.41) is 20.3. The summed E-state index contributed by atoms with van der Waals surface area (Å²) >= 11 is 2.07. The van der Waals surface area contributed by atoms with E-state index in [1.54, 1.807) is 0 Å². The highest BCUT2D eigenvalue weighted by Crippen LogP contribution is 2.25. The Kier molecular flexibility index (Phi) is 166. The molecule has 13 heterocycles. The molecule has 0 radical (unpaired) electrons. The highest BCUT2D eigenvalue weighted by atomic mass is 32.2. The molecule has 0 amide bonds. The maximum absolute atomic E-state index is 5.33. The lowest BCUT2D eigenvalue weighted by Gasteiger charge is -2.30. The molecule has 13 aliphatic rings. The van der Waals surface area contributed by atoms with Gasteiger partial charge < -0.3 is 60.8 Å². The molecule has 13 rings (SSSR count). The van der Waals surface area contributed by atoms with Crippen LogP contribution in [-0.2, 0) is 14.2 Å². The molecule has 0 aliphatic carbocycles. The van der Waals surface area contributed by atoms with Gasteiger partial charge in [0.25, 0.3) is 0 Å². The zero-order valence-electron chi connectivity index (χ0n) is 111. The molecule has 6 N–H and O–H groups in total. The quantitative estimate of drug-likeness (QED) is 0.105. The Labute approximate surface area is 928 Å². The van der Waals surface area contributed by atoms with Crippen LogP contribution in [0.5, 0.6) is 0 Å². The van der Waals surface area contributed by atoms with Gasteiger partial charge in [0.1, 0.15) is 0 Å². The second kappa shape index (κ2) is 140. The predicted molar refractivity (Wildman–Crippen MR) is 677 cm³/mol. The summed E-state index contributed by atoms with van der Waals surface area (Å²) in [6.07, 6.45) is 29.1. The molecule has 13 aliphatic heterocycles.